The monoisotopic (exact) mass is 1060 g/mol. The van der Waals surface area contributed by atoms with Crippen LogP contribution in [0.15, 0.2) is 134 Å². The SMILES string of the molecule is CC/C=C\C/C=C\C/C=C\C/C=C\C/C=C\C/C=C\C/C=C\C/C=C\CCCCCCC(=O)OCC(COC(=O)CCCCCCCCCCCCCCCCC)OC(=O)CCCCCCC/C=C\C/C=C\C/C=C\CC. The number of unbranched alkanes of at least 4 members (excludes halogenated alkanes) is 23. The van der Waals surface area contributed by atoms with E-state index in [1.165, 1.54) is 77.0 Å². The molecule has 0 heterocycles. The molecule has 0 aliphatic rings. The maximum absolute atomic E-state index is 12.9. The summed E-state index contributed by atoms with van der Waals surface area (Å²) in [6.45, 7) is 6.39. The smallest absolute Gasteiger partial charge is 0.306 e. The lowest BCUT2D eigenvalue weighted by atomic mass is 10.0. The first-order valence-corrected chi connectivity index (χ1v) is 31.7. The van der Waals surface area contributed by atoms with Crippen LogP contribution in [-0.2, 0) is 28.6 Å². The van der Waals surface area contributed by atoms with E-state index in [0.717, 1.165) is 161 Å². The maximum Gasteiger partial charge on any atom is 0.306 e. The summed E-state index contributed by atoms with van der Waals surface area (Å²) in [6, 6.07) is 0. The van der Waals surface area contributed by atoms with Crippen LogP contribution in [0.3, 0.4) is 0 Å². The molecule has 0 bridgehead atoms. The quantitative estimate of drug-likeness (QED) is 0.0261. The average molecular weight is 1070 g/mol. The van der Waals surface area contributed by atoms with Crippen LogP contribution < -0.4 is 0 Å². The molecular weight excluding hydrogens is 949 g/mol. The van der Waals surface area contributed by atoms with Crippen molar-refractivity contribution in [2.75, 3.05) is 13.2 Å². The van der Waals surface area contributed by atoms with Crippen LogP contribution in [0.5, 0.6) is 0 Å². The number of carbonyl (C=O) groups excluding carboxylic acids is 3. The summed E-state index contributed by atoms with van der Waals surface area (Å²) in [6.07, 6.45) is 90.2. The van der Waals surface area contributed by atoms with Gasteiger partial charge < -0.3 is 14.2 Å². The third-order valence-electron chi connectivity index (χ3n) is 13.2. The van der Waals surface area contributed by atoms with Crippen molar-refractivity contribution in [3.63, 3.8) is 0 Å². The van der Waals surface area contributed by atoms with Gasteiger partial charge >= 0.3 is 17.9 Å². The van der Waals surface area contributed by atoms with Crippen LogP contribution in [-0.4, -0.2) is 37.2 Å². The van der Waals surface area contributed by atoms with E-state index in [1.54, 1.807) is 0 Å². The van der Waals surface area contributed by atoms with Crippen molar-refractivity contribution >= 4 is 17.9 Å². The van der Waals surface area contributed by atoms with E-state index in [0.29, 0.717) is 19.3 Å². The van der Waals surface area contributed by atoms with Crippen LogP contribution in [0, 0.1) is 0 Å². The van der Waals surface area contributed by atoms with Gasteiger partial charge in [-0.05, 0) is 116 Å². The Morgan fingerprint density at radius 3 is 0.792 bits per heavy atom. The molecule has 1 atom stereocenters. The van der Waals surface area contributed by atoms with Crippen molar-refractivity contribution in [2.24, 2.45) is 0 Å². The van der Waals surface area contributed by atoms with E-state index in [-0.39, 0.29) is 31.1 Å². The molecule has 6 nitrogen and oxygen atoms in total. The molecule has 0 aliphatic carbocycles. The number of rotatable bonds is 56. The van der Waals surface area contributed by atoms with Gasteiger partial charge in [0.2, 0.25) is 0 Å². The second-order valence-corrected chi connectivity index (χ2v) is 20.6. The van der Waals surface area contributed by atoms with E-state index in [9.17, 15) is 14.4 Å². The Morgan fingerprint density at radius 1 is 0.273 bits per heavy atom. The number of hydrogen-bond donors (Lipinski definition) is 0. The van der Waals surface area contributed by atoms with Crippen molar-refractivity contribution in [1.82, 2.24) is 0 Å². The van der Waals surface area contributed by atoms with Gasteiger partial charge in [-0.2, -0.15) is 0 Å². The Morgan fingerprint density at radius 2 is 0.506 bits per heavy atom. The Bertz CT molecular complexity index is 1650. The second-order valence-electron chi connectivity index (χ2n) is 20.6. The topological polar surface area (TPSA) is 78.9 Å². The Hall–Kier alpha value is -4.45. The zero-order valence-electron chi connectivity index (χ0n) is 49.9. The van der Waals surface area contributed by atoms with Gasteiger partial charge in [0.1, 0.15) is 13.2 Å². The third-order valence-corrected chi connectivity index (χ3v) is 13.2. The van der Waals surface area contributed by atoms with E-state index in [2.05, 4.69) is 154 Å². The summed E-state index contributed by atoms with van der Waals surface area (Å²) >= 11 is 0. The molecular formula is C71H116O6. The molecule has 0 spiro atoms. The summed E-state index contributed by atoms with van der Waals surface area (Å²) in [5.41, 5.74) is 0. The van der Waals surface area contributed by atoms with Gasteiger partial charge in [-0.15, -0.1) is 0 Å². The molecule has 0 aliphatic heterocycles. The molecule has 0 rings (SSSR count). The average Bonchev–Trinajstić information content (AvgIpc) is 3.43. The van der Waals surface area contributed by atoms with Gasteiger partial charge in [0.25, 0.3) is 0 Å². The largest absolute Gasteiger partial charge is 0.462 e. The van der Waals surface area contributed by atoms with Crippen LogP contribution in [0.25, 0.3) is 0 Å². The Balaban J connectivity index is 4.40. The Labute approximate surface area is 475 Å². The van der Waals surface area contributed by atoms with Crippen molar-refractivity contribution < 1.29 is 28.6 Å². The third kappa shape index (κ3) is 62.3. The molecule has 77 heavy (non-hydrogen) atoms. The first-order chi connectivity index (χ1) is 38.0. The van der Waals surface area contributed by atoms with Gasteiger partial charge in [-0.3, -0.25) is 14.4 Å². The highest BCUT2D eigenvalue weighted by molar-refractivity contribution is 5.71. The van der Waals surface area contributed by atoms with Crippen LogP contribution >= 0.6 is 0 Å². The minimum Gasteiger partial charge on any atom is -0.462 e. The number of ether oxygens (including phenoxy) is 3. The van der Waals surface area contributed by atoms with Gasteiger partial charge in [0, 0.05) is 19.3 Å². The molecule has 0 aromatic carbocycles. The molecule has 0 radical (unpaired) electrons. The van der Waals surface area contributed by atoms with Crippen molar-refractivity contribution in [1.29, 1.82) is 0 Å². The lowest BCUT2D eigenvalue weighted by Gasteiger charge is -2.18. The maximum atomic E-state index is 12.9. The van der Waals surface area contributed by atoms with E-state index < -0.39 is 6.10 Å². The summed E-state index contributed by atoms with van der Waals surface area (Å²) in [7, 11) is 0. The predicted molar refractivity (Wildman–Crippen MR) is 334 cm³/mol. The molecule has 436 valence electrons. The highest BCUT2D eigenvalue weighted by Crippen LogP contribution is 2.15. The van der Waals surface area contributed by atoms with E-state index in [4.69, 9.17) is 14.2 Å². The highest BCUT2D eigenvalue weighted by atomic mass is 16.6. The van der Waals surface area contributed by atoms with Crippen molar-refractivity contribution in [3.8, 4) is 0 Å². The molecule has 6 heteroatoms. The van der Waals surface area contributed by atoms with E-state index in [1.807, 2.05) is 0 Å². The summed E-state index contributed by atoms with van der Waals surface area (Å²) < 4.78 is 16.9. The summed E-state index contributed by atoms with van der Waals surface area (Å²) in [5, 5.41) is 0. The number of esters is 3. The molecule has 1 unspecified atom stereocenters. The van der Waals surface area contributed by atoms with Gasteiger partial charge in [0.15, 0.2) is 6.10 Å². The van der Waals surface area contributed by atoms with Gasteiger partial charge in [0.05, 0.1) is 0 Å². The van der Waals surface area contributed by atoms with E-state index >= 15 is 0 Å². The molecule has 0 fully saturated rings. The normalized spacial score (nSPS) is 13.0. The van der Waals surface area contributed by atoms with Crippen LogP contribution in [0.2, 0.25) is 0 Å². The fourth-order valence-corrected chi connectivity index (χ4v) is 8.47. The fraction of sp³-hybridized carbons (Fsp3) is 0.648. The standard InChI is InChI=1S/C71H116O6/c1-4-7-10-13-16-19-22-25-28-29-30-31-32-33-34-35-36-37-38-39-40-41-44-46-49-52-55-58-61-64-70(73)76-67-68(77-71(74)65-62-59-56-53-50-47-43-27-24-21-18-15-12-9-6-3)66-75-69(72)63-60-57-54-51-48-45-42-26-23-20-17-14-11-8-5-2/h7,9-10,12,16,18-19,21,25,27-28,30-31,33-34,36-37,39-40,43-44,46,68H,4-6,8,11,13-15,17,20,22-24,26,29,32,35,38,41-42,45,47-67H2,1-3H3/b10-7-,12-9-,19-16-,21-18-,28-25-,31-30-,34-33-,37-36-,40-39-,43-27-,46-44-. The molecule has 0 saturated heterocycles. The van der Waals surface area contributed by atoms with Gasteiger partial charge in [-0.1, -0.05) is 276 Å². The number of allylic oxidation sites excluding steroid dienone is 22. The lowest BCUT2D eigenvalue weighted by Crippen LogP contribution is -2.30. The molecule has 0 amide bonds. The summed E-state index contributed by atoms with van der Waals surface area (Å²) in [4.78, 5) is 38.3. The number of hydrogen-bond acceptors (Lipinski definition) is 6. The highest BCUT2D eigenvalue weighted by Gasteiger charge is 2.19. The molecule has 0 aromatic heterocycles. The number of carbonyl (C=O) groups is 3. The zero-order valence-corrected chi connectivity index (χ0v) is 49.9. The predicted octanol–water partition coefficient (Wildman–Crippen LogP) is 21.8. The van der Waals surface area contributed by atoms with Crippen molar-refractivity contribution in [2.45, 2.75) is 284 Å². The Kier molecular flexibility index (Phi) is 60.4. The lowest BCUT2D eigenvalue weighted by molar-refractivity contribution is -0.167. The summed E-state index contributed by atoms with van der Waals surface area (Å²) in [5.74, 6) is -0.935. The van der Waals surface area contributed by atoms with Crippen LogP contribution in [0.4, 0.5) is 0 Å². The molecule has 0 saturated carbocycles. The van der Waals surface area contributed by atoms with Gasteiger partial charge in [-0.25, -0.2) is 0 Å². The van der Waals surface area contributed by atoms with Crippen molar-refractivity contribution in [3.05, 3.63) is 134 Å². The molecule has 0 aromatic rings. The first-order valence-electron chi connectivity index (χ1n) is 31.7. The zero-order chi connectivity index (χ0) is 55.7. The first kappa shape index (κ1) is 72.5. The minimum atomic E-state index is -0.802. The molecule has 0 N–H and O–H groups in total. The fourth-order valence-electron chi connectivity index (χ4n) is 8.47. The second kappa shape index (κ2) is 64.1. The van der Waals surface area contributed by atoms with Crippen LogP contribution in [0.1, 0.15) is 278 Å². The minimum absolute atomic E-state index is 0.0946.